The molecule has 1 aliphatic carbocycles. The SMILES string of the molecule is CC1C[C@H](OC(=O)N2CCOCC2)C(=O)N(C2(C#N)CCN(CC3CCCCC3)C2)C1. The van der Waals surface area contributed by atoms with E-state index in [2.05, 4.69) is 17.9 Å². The number of carbonyl (C=O) groups excluding carboxylic acids is 2. The summed E-state index contributed by atoms with van der Waals surface area (Å²) in [5, 5.41) is 10.2. The maximum absolute atomic E-state index is 13.4. The summed E-state index contributed by atoms with van der Waals surface area (Å²) in [6.45, 7) is 7.04. The number of nitriles is 1. The quantitative estimate of drug-likeness (QED) is 0.677. The van der Waals surface area contributed by atoms with Crippen molar-refractivity contribution in [2.24, 2.45) is 11.8 Å². The smallest absolute Gasteiger partial charge is 0.410 e. The van der Waals surface area contributed by atoms with Crippen LogP contribution in [0.3, 0.4) is 0 Å². The van der Waals surface area contributed by atoms with E-state index in [1.807, 2.05) is 0 Å². The van der Waals surface area contributed by atoms with Crippen LogP contribution in [-0.2, 0) is 14.3 Å². The van der Waals surface area contributed by atoms with Crippen LogP contribution >= 0.6 is 0 Å². The first-order valence-corrected chi connectivity index (χ1v) is 12.0. The van der Waals surface area contributed by atoms with Crippen molar-refractivity contribution in [1.29, 1.82) is 5.26 Å². The monoisotopic (exact) mass is 432 g/mol. The molecule has 172 valence electrons. The normalized spacial score (nSPS) is 33.4. The summed E-state index contributed by atoms with van der Waals surface area (Å²) in [6.07, 6.45) is 6.41. The van der Waals surface area contributed by atoms with Gasteiger partial charge in [-0.2, -0.15) is 5.26 Å². The van der Waals surface area contributed by atoms with E-state index in [9.17, 15) is 14.9 Å². The van der Waals surface area contributed by atoms with E-state index in [1.165, 1.54) is 32.1 Å². The minimum absolute atomic E-state index is 0.179. The van der Waals surface area contributed by atoms with E-state index in [0.29, 0.717) is 58.2 Å². The fourth-order valence-electron chi connectivity index (χ4n) is 5.68. The molecule has 3 atom stereocenters. The van der Waals surface area contributed by atoms with Gasteiger partial charge in [0.15, 0.2) is 6.10 Å². The number of morpholine rings is 1. The zero-order valence-electron chi connectivity index (χ0n) is 18.8. The number of rotatable bonds is 4. The lowest BCUT2D eigenvalue weighted by Gasteiger charge is -2.43. The van der Waals surface area contributed by atoms with E-state index in [1.54, 1.807) is 9.80 Å². The largest absolute Gasteiger partial charge is 0.436 e. The van der Waals surface area contributed by atoms with Gasteiger partial charge in [0.05, 0.1) is 19.3 Å². The molecular formula is C23H36N4O4. The fourth-order valence-corrected chi connectivity index (χ4v) is 5.68. The van der Waals surface area contributed by atoms with Gasteiger partial charge in [0, 0.05) is 39.3 Å². The summed E-state index contributed by atoms with van der Waals surface area (Å²) < 4.78 is 10.9. The van der Waals surface area contributed by atoms with Crippen molar-refractivity contribution in [3.63, 3.8) is 0 Å². The Labute approximate surface area is 185 Å². The fraction of sp³-hybridized carbons (Fsp3) is 0.870. The molecule has 2 unspecified atom stereocenters. The molecule has 2 amide bonds. The lowest BCUT2D eigenvalue weighted by atomic mass is 9.88. The molecule has 0 spiro atoms. The summed E-state index contributed by atoms with van der Waals surface area (Å²) in [4.78, 5) is 31.7. The van der Waals surface area contributed by atoms with Gasteiger partial charge < -0.3 is 19.3 Å². The third-order valence-corrected chi connectivity index (χ3v) is 7.46. The third-order valence-electron chi connectivity index (χ3n) is 7.46. The number of nitrogens with zero attached hydrogens (tertiary/aromatic N) is 4. The van der Waals surface area contributed by atoms with E-state index < -0.39 is 17.7 Å². The molecule has 8 heteroatoms. The van der Waals surface area contributed by atoms with Crippen LogP contribution in [0.15, 0.2) is 0 Å². The van der Waals surface area contributed by atoms with E-state index >= 15 is 0 Å². The highest BCUT2D eigenvalue weighted by Crippen LogP contribution is 2.35. The van der Waals surface area contributed by atoms with Crippen LogP contribution in [-0.4, -0.2) is 90.8 Å². The molecular weight excluding hydrogens is 396 g/mol. The summed E-state index contributed by atoms with van der Waals surface area (Å²) in [7, 11) is 0. The molecule has 3 saturated heterocycles. The number of amides is 2. The molecule has 4 rings (SSSR count). The Balaban J connectivity index is 1.41. The Hall–Kier alpha value is -1.85. The standard InChI is InChI=1S/C23H36N4O4/c1-18-13-20(31-22(29)26-9-11-30-12-10-26)21(28)27(14-18)23(16-24)7-8-25(17-23)15-19-5-3-2-4-6-19/h18-20H,2-15,17H2,1H3/t18?,20-,23?/m0/s1. The first kappa shape index (κ1) is 22.3. The van der Waals surface area contributed by atoms with Gasteiger partial charge in [-0.1, -0.05) is 26.2 Å². The molecule has 8 nitrogen and oxygen atoms in total. The van der Waals surface area contributed by atoms with Crippen molar-refractivity contribution in [2.75, 3.05) is 52.5 Å². The Morgan fingerprint density at radius 3 is 2.68 bits per heavy atom. The average Bonchev–Trinajstić information content (AvgIpc) is 3.21. The topological polar surface area (TPSA) is 86.1 Å². The van der Waals surface area contributed by atoms with Gasteiger partial charge in [0.2, 0.25) is 0 Å². The first-order valence-electron chi connectivity index (χ1n) is 12.0. The molecule has 31 heavy (non-hydrogen) atoms. The highest BCUT2D eigenvalue weighted by atomic mass is 16.6. The van der Waals surface area contributed by atoms with Gasteiger partial charge in [-0.05, 0) is 37.5 Å². The predicted octanol–water partition coefficient (Wildman–Crippen LogP) is 2.24. The van der Waals surface area contributed by atoms with Gasteiger partial charge >= 0.3 is 6.09 Å². The molecule has 4 aliphatic rings. The number of ether oxygens (including phenoxy) is 2. The van der Waals surface area contributed by atoms with Crippen LogP contribution in [0.4, 0.5) is 4.79 Å². The summed E-state index contributed by atoms with van der Waals surface area (Å²) in [6, 6.07) is 2.50. The number of piperidine rings is 1. The molecule has 0 bridgehead atoms. The lowest BCUT2D eigenvalue weighted by Crippen LogP contribution is -2.60. The maximum Gasteiger partial charge on any atom is 0.410 e. The summed E-state index contributed by atoms with van der Waals surface area (Å²) in [5.74, 6) is 0.681. The lowest BCUT2D eigenvalue weighted by molar-refractivity contribution is -0.152. The Morgan fingerprint density at radius 1 is 1.23 bits per heavy atom. The number of carbonyl (C=O) groups is 2. The molecule has 3 aliphatic heterocycles. The minimum atomic E-state index is -0.815. The van der Waals surface area contributed by atoms with E-state index in [-0.39, 0.29) is 11.8 Å². The van der Waals surface area contributed by atoms with Crippen molar-refractivity contribution in [3.8, 4) is 6.07 Å². The van der Waals surface area contributed by atoms with E-state index in [0.717, 1.165) is 13.1 Å². The van der Waals surface area contributed by atoms with Crippen molar-refractivity contribution >= 4 is 12.0 Å². The van der Waals surface area contributed by atoms with Crippen LogP contribution in [0, 0.1) is 23.2 Å². The molecule has 0 aromatic heterocycles. The highest BCUT2D eigenvalue weighted by molar-refractivity contribution is 5.85. The zero-order valence-corrected chi connectivity index (χ0v) is 18.8. The van der Waals surface area contributed by atoms with Crippen molar-refractivity contribution in [1.82, 2.24) is 14.7 Å². The third kappa shape index (κ3) is 4.98. The maximum atomic E-state index is 13.4. The molecule has 0 aromatic rings. The Morgan fingerprint density at radius 2 is 1.97 bits per heavy atom. The van der Waals surface area contributed by atoms with E-state index in [4.69, 9.17) is 9.47 Å². The predicted molar refractivity (Wildman–Crippen MR) is 114 cm³/mol. The molecule has 1 saturated carbocycles. The van der Waals surface area contributed by atoms with Gasteiger partial charge in [-0.3, -0.25) is 9.69 Å². The van der Waals surface area contributed by atoms with Crippen molar-refractivity contribution in [2.45, 2.75) is 63.5 Å². The highest BCUT2D eigenvalue weighted by Gasteiger charge is 2.50. The van der Waals surface area contributed by atoms with Crippen LogP contribution < -0.4 is 0 Å². The minimum Gasteiger partial charge on any atom is -0.436 e. The summed E-state index contributed by atoms with van der Waals surface area (Å²) in [5.41, 5.74) is -0.815. The zero-order chi connectivity index (χ0) is 21.8. The van der Waals surface area contributed by atoms with Gasteiger partial charge in [-0.25, -0.2) is 4.79 Å². The second kappa shape index (κ2) is 9.74. The number of likely N-dealkylation sites (tertiary alicyclic amines) is 2. The Bertz CT molecular complexity index is 698. The second-order valence-corrected chi connectivity index (χ2v) is 9.89. The van der Waals surface area contributed by atoms with Crippen LogP contribution in [0.1, 0.15) is 51.9 Å². The Kier molecular flexibility index (Phi) is 7.02. The molecule has 0 aromatic carbocycles. The second-order valence-electron chi connectivity index (χ2n) is 9.89. The average molecular weight is 433 g/mol. The van der Waals surface area contributed by atoms with Crippen LogP contribution in [0.2, 0.25) is 0 Å². The molecule has 4 fully saturated rings. The molecule has 3 heterocycles. The molecule has 0 N–H and O–H groups in total. The summed E-state index contributed by atoms with van der Waals surface area (Å²) >= 11 is 0. The first-order chi connectivity index (χ1) is 15.0. The van der Waals surface area contributed by atoms with Crippen LogP contribution in [0.5, 0.6) is 0 Å². The van der Waals surface area contributed by atoms with Gasteiger partial charge in [0.25, 0.3) is 5.91 Å². The number of hydrogen-bond acceptors (Lipinski definition) is 6. The number of hydrogen-bond donors (Lipinski definition) is 0. The molecule has 0 radical (unpaired) electrons. The van der Waals surface area contributed by atoms with Crippen LogP contribution in [0.25, 0.3) is 0 Å². The van der Waals surface area contributed by atoms with Crippen molar-refractivity contribution < 1.29 is 19.1 Å². The van der Waals surface area contributed by atoms with Crippen molar-refractivity contribution in [3.05, 3.63) is 0 Å². The van der Waals surface area contributed by atoms with Gasteiger partial charge in [-0.15, -0.1) is 0 Å². The van der Waals surface area contributed by atoms with Gasteiger partial charge in [0.1, 0.15) is 5.54 Å².